The van der Waals surface area contributed by atoms with Gasteiger partial charge in [0.15, 0.2) is 0 Å². The van der Waals surface area contributed by atoms with Crippen LogP contribution in [0.1, 0.15) is 6.92 Å². The van der Waals surface area contributed by atoms with Crippen molar-refractivity contribution in [3.63, 3.8) is 0 Å². The van der Waals surface area contributed by atoms with Crippen LogP contribution in [0.3, 0.4) is 0 Å². The Labute approximate surface area is 77.2 Å². The first-order valence-electron chi connectivity index (χ1n) is 3.48. The van der Waals surface area contributed by atoms with Crippen LogP contribution in [0, 0.1) is 0 Å². The molecule has 1 N–H and O–H groups in total. The van der Waals surface area contributed by atoms with Crippen LogP contribution in [0.4, 0.5) is 0 Å². The fourth-order valence-corrected chi connectivity index (χ4v) is 1.10. The van der Waals surface area contributed by atoms with Crippen molar-refractivity contribution in [1.82, 2.24) is 13.5 Å². The zero-order valence-electron chi connectivity index (χ0n) is 6.89. The molecule has 0 atom stereocenters. The summed E-state index contributed by atoms with van der Waals surface area (Å²) in [6, 6.07) is 0. The van der Waals surface area contributed by atoms with Crippen LogP contribution in [0.2, 0.25) is 0 Å². The van der Waals surface area contributed by atoms with Gasteiger partial charge in [-0.05, 0) is 14.1 Å². The Bertz CT molecular complexity index is 77.4. The molecule has 0 aromatic heterocycles. The van der Waals surface area contributed by atoms with Crippen molar-refractivity contribution in [2.24, 2.45) is 0 Å². The summed E-state index contributed by atoms with van der Waals surface area (Å²) in [5.41, 5.74) is 3.19. The number of halogens is 1. The molecule has 0 aromatic carbocycles. The van der Waals surface area contributed by atoms with Gasteiger partial charge in [-0.1, -0.05) is 6.92 Å². The van der Waals surface area contributed by atoms with Gasteiger partial charge in [-0.3, -0.25) is 0 Å². The summed E-state index contributed by atoms with van der Waals surface area (Å²) in [6.07, 6.45) is 0. The molecule has 0 spiro atoms. The van der Waals surface area contributed by atoms with E-state index < -0.39 is 0 Å². The number of nitrogens with zero attached hydrogens (tertiary/aromatic N) is 2. The number of hydrazine groups is 1. The molecule has 0 amide bonds. The third-order valence-corrected chi connectivity index (χ3v) is 1.90. The molecule has 3 nitrogen and oxygen atoms in total. The zero-order valence-corrected chi connectivity index (χ0v) is 9.05. The van der Waals surface area contributed by atoms with Crippen molar-refractivity contribution < 1.29 is 0 Å². The standard InChI is InChI=1S/C6H16IN3/c1-4-8-10(7)6-5-9(2)3/h8H,4-6H2,1-3H3. The third kappa shape index (κ3) is 6.73. The van der Waals surface area contributed by atoms with Gasteiger partial charge in [0.05, 0.1) is 0 Å². The second kappa shape index (κ2) is 6.33. The quantitative estimate of drug-likeness (QED) is 0.445. The predicted octanol–water partition coefficient (Wildman–Crippen LogP) is 0.725. The van der Waals surface area contributed by atoms with Gasteiger partial charge in [0.25, 0.3) is 0 Å². The van der Waals surface area contributed by atoms with Crippen LogP contribution in [-0.2, 0) is 0 Å². The second-order valence-electron chi connectivity index (χ2n) is 2.40. The van der Waals surface area contributed by atoms with E-state index in [1.165, 1.54) is 0 Å². The topological polar surface area (TPSA) is 18.5 Å². The highest BCUT2D eigenvalue weighted by Crippen LogP contribution is 1.91. The average molecular weight is 257 g/mol. The van der Waals surface area contributed by atoms with E-state index in [4.69, 9.17) is 0 Å². The Kier molecular flexibility index (Phi) is 6.71. The Balaban J connectivity index is 3.12. The number of rotatable bonds is 5. The maximum absolute atomic E-state index is 3.19. The summed E-state index contributed by atoms with van der Waals surface area (Å²) in [7, 11) is 4.16. The van der Waals surface area contributed by atoms with Gasteiger partial charge in [0.1, 0.15) is 0 Å². The molecular weight excluding hydrogens is 241 g/mol. The molecule has 0 aliphatic heterocycles. The molecule has 10 heavy (non-hydrogen) atoms. The van der Waals surface area contributed by atoms with E-state index in [9.17, 15) is 0 Å². The molecule has 0 radical (unpaired) electrons. The minimum absolute atomic E-state index is 0.996. The van der Waals surface area contributed by atoms with Gasteiger partial charge in [-0.25, -0.2) is 5.43 Å². The summed E-state index contributed by atoms with van der Waals surface area (Å²) in [5.74, 6) is 0. The predicted molar refractivity (Wildman–Crippen MR) is 53.0 cm³/mol. The minimum Gasteiger partial charge on any atom is -0.308 e. The summed E-state index contributed by atoms with van der Waals surface area (Å²) in [6.45, 7) is 5.25. The van der Waals surface area contributed by atoms with Crippen molar-refractivity contribution in [2.45, 2.75) is 6.92 Å². The van der Waals surface area contributed by atoms with Gasteiger partial charge in [0.2, 0.25) is 0 Å². The largest absolute Gasteiger partial charge is 0.308 e. The maximum Gasteiger partial charge on any atom is 0.0367 e. The first-order chi connectivity index (χ1) is 4.66. The average Bonchev–Trinajstić information content (AvgIpc) is 1.85. The molecule has 62 valence electrons. The molecule has 0 aromatic rings. The monoisotopic (exact) mass is 257 g/mol. The van der Waals surface area contributed by atoms with Crippen molar-refractivity contribution in [3.05, 3.63) is 0 Å². The fraction of sp³-hybridized carbons (Fsp3) is 1.00. The van der Waals surface area contributed by atoms with Crippen LogP contribution >= 0.6 is 22.9 Å². The van der Waals surface area contributed by atoms with Crippen LogP contribution in [0.25, 0.3) is 0 Å². The zero-order chi connectivity index (χ0) is 7.98. The molecule has 0 aliphatic rings. The summed E-state index contributed by atoms with van der Waals surface area (Å²) < 4.78 is 2.08. The highest BCUT2D eigenvalue weighted by molar-refractivity contribution is 14.1. The summed E-state index contributed by atoms with van der Waals surface area (Å²) >= 11 is 2.27. The van der Waals surface area contributed by atoms with Crippen LogP contribution in [0.15, 0.2) is 0 Å². The molecular formula is C6H16IN3. The molecule has 0 bridgehead atoms. The second-order valence-corrected chi connectivity index (χ2v) is 3.57. The minimum atomic E-state index is 0.996. The molecule has 4 heteroatoms. The summed E-state index contributed by atoms with van der Waals surface area (Å²) in [5, 5.41) is 0. The van der Waals surface area contributed by atoms with E-state index in [1.54, 1.807) is 0 Å². The van der Waals surface area contributed by atoms with Crippen molar-refractivity contribution >= 4 is 22.9 Å². The Morgan fingerprint density at radius 1 is 1.30 bits per heavy atom. The number of hydrogen-bond donors (Lipinski definition) is 1. The molecule has 0 saturated carbocycles. The smallest absolute Gasteiger partial charge is 0.0367 e. The normalized spacial score (nSPS) is 11.4. The van der Waals surface area contributed by atoms with E-state index in [-0.39, 0.29) is 0 Å². The SMILES string of the molecule is CCNN(I)CCN(C)C. The molecule has 0 aliphatic carbocycles. The summed E-state index contributed by atoms with van der Waals surface area (Å²) in [4.78, 5) is 2.17. The van der Waals surface area contributed by atoms with Crippen LogP contribution < -0.4 is 5.43 Å². The van der Waals surface area contributed by atoms with Gasteiger partial charge in [0, 0.05) is 42.5 Å². The Morgan fingerprint density at radius 2 is 1.90 bits per heavy atom. The van der Waals surface area contributed by atoms with E-state index in [2.05, 4.69) is 57.4 Å². The van der Waals surface area contributed by atoms with Crippen molar-refractivity contribution in [1.29, 1.82) is 0 Å². The molecule has 0 fully saturated rings. The van der Waals surface area contributed by atoms with Crippen molar-refractivity contribution in [2.75, 3.05) is 33.7 Å². The number of hydrogen-bond acceptors (Lipinski definition) is 3. The maximum atomic E-state index is 3.19. The molecule has 0 rings (SSSR count). The van der Waals surface area contributed by atoms with Gasteiger partial charge < -0.3 is 4.90 Å². The van der Waals surface area contributed by atoms with E-state index >= 15 is 0 Å². The lowest BCUT2D eigenvalue weighted by atomic mass is 10.6. The van der Waals surface area contributed by atoms with Gasteiger partial charge in [-0.2, -0.15) is 3.22 Å². The van der Waals surface area contributed by atoms with Crippen LogP contribution in [-0.4, -0.2) is 41.9 Å². The first kappa shape index (κ1) is 10.6. The highest BCUT2D eigenvalue weighted by Gasteiger charge is 1.96. The number of likely N-dealkylation sites (N-methyl/N-ethyl adjacent to an activating group) is 1. The lowest BCUT2D eigenvalue weighted by Gasteiger charge is -2.16. The van der Waals surface area contributed by atoms with Crippen molar-refractivity contribution in [3.8, 4) is 0 Å². The molecule has 0 saturated heterocycles. The Morgan fingerprint density at radius 3 is 2.30 bits per heavy atom. The lowest BCUT2D eigenvalue weighted by molar-refractivity contribution is 0.322. The molecule has 0 unspecified atom stereocenters. The van der Waals surface area contributed by atoms with E-state index in [1.807, 2.05) is 0 Å². The lowest BCUT2D eigenvalue weighted by Crippen LogP contribution is -2.34. The van der Waals surface area contributed by atoms with Gasteiger partial charge >= 0.3 is 0 Å². The third-order valence-electron chi connectivity index (χ3n) is 1.07. The Hall–Kier alpha value is 0.610. The van der Waals surface area contributed by atoms with Gasteiger partial charge in [-0.15, -0.1) is 0 Å². The fourth-order valence-electron chi connectivity index (χ4n) is 0.538. The first-order valence-corrected chi connectivity index (χ1v) is 4.45. The van der Waals surface area contributed by atoms with Crippen LogP contribution in [0.5, 0.6) is 0 Å². The van der Waals surface area contributed by atoms with E-state index in [0.717, 1.165) is 19.6 Å². The van der Waals surface area contributed by atoms with E-state index in [0.29, 0.717) is 0 Å². The highest BCUT2D eigenvalue weighted by atomic mass is 127. The molecule has 0 heterocycles. The number of nitrogens with one attached hydrogen (secondary N) is 1.